The van der Waals surface area contributed by atoms with Gasteiger partial charge in [-0.1, -0.05) is 0 Å². The largest absolute Gasteiger partial charge is 0.245 e. The fraction of sp³-hybridized carbons (Fsp3) is 0.167. The van der Waals surface area contributed by atoms with E-state index in [2.05, 4.69) is 15.0 Å². The molecule has 0 N–H and O–H groups in total. The lowest BCUT2D eigenvalue weighted by atomic mass is 10.4. The molecule has 0 aromatic carbocycles. The molecule has 0 spiro atoms. The number of carbonyl (C=O) groups excluding carboxylic acids is 1. The van der Waals surface area contributed by atoms with E-state index in [4.69, 9.17) is 0 Å². The summed E-state index contributed by atoms with van der Waals surface area (Å²) < 4.78 is 0. The Labute approximate surface area is 57.7 Å². The number of nitrogens with zero attached hydrogens (tertiary/aromatic N) is 3. The molecule has 1 rings (SSSR count). The van der Waals surface area contributed by atoms with Crippen LogP contribution in [0.5, 0.6) is 0 Å². The second-order valence-electron chi connectivity index (χ2n) is 1.61. The smallest absolute Gasteiger partial charge is 0.235 e. The zero-order chi connectivity index (χ0) is 7.23. The first-order valence-electron chi connectivity index (χ1n) is 2.72. The molecule has 0 fully saturated rings. The van der Waals surface area contributed by atoms with E-state index in [1.807, 2.05) is 0 Å². The van der Waals surface area contributed by atoms with E-state index < -0.39 is 0 Å². The highest BCUT2D eigenvalue weighted by molar-refractivity contribution is 5.33. The van der Waals surface area contributed by atoms with Gasteiger partial charge in [0.25, 0.3) is 0 Å². The lowest BCUT2D eigenvalue weighted by molar-refractivity contribution is 0.562. The Morgan fingerprint density at radius 2 is 2.60 bits per heavy atom. The summed E-state index contributed by atoms with van der Waals surface area (Å²) in [4.78, 5) is 20.5. The fourth-order valence-electron chi connectivity index (χ4n) is 0.525. The molecule has 1 aromatic rings. The van der Waals surface area contributed by atoms with E-state index in [0.29, 0.717) is 0 Å². The normalized spacial score (nSPS) is 8.40. The monoisotopic (exact) mass is 135 g/mol. The molecule has 0 bridgehead atoms. The minimum absolute atomic E-state index is 0.284. The Morgan fingerprint density at radius 1 is 1.70 bits per heavy atom. The molecule has 0 saturated heterocycles. The summed E-state index contributed by atoms with van der Waals surface area (Å²) in [7, 11) is 0. The Kier molecular flexibility index (Phi) is 2.29. The number of hydrogen-bond acceptors (Lipinski definition) is 4. The maximum Gasteiger partial charge on any atom is 0.235 e. The lowest BCUT2D eigenvalue weighted by Gasteiger charge is -1.88. The minimum Gasteiger partial charge on any atom is -0.245 e. The van der Waals surface area contributed by atoms with Gasteiger partial charge in [0.15, 0.2) is 0 Å². The Balaban J connectivity index is 2.67. The van der Waals surface area contributed by atoms with Gasteiger partial charge in [-0.3, -0.25) is 0 Å². The van der Waals surface area contributed by atoms with Gasteiger partial charge in [-0.2, -0.15) is 4.99 Å². The molecule has 0 aliphatic heterocycles. The standard InChI is InChI=1S/C6H5N3O/c10-5-8-3-6-1-2-7-4-9-6/h1-2,4H,3H2. The topological polar surface area (TPSA) is 55.2 Å². The van der Waals surface area contributed by atoms with Crippen molar-refractivity contribution in [3.05, 3.63) is 24.3 Å². The average molecular weight is 135 g/mol. The molecule has 4 heteroatoms. The zero-order valence-electron chi connectivity index (χ0n) is 5.19. The van der Waals surface area contributed by atoms with Crippen LogP contribution in [0.15, 0.2) is 23.6 Å². The molecule has 0 radical (unpaired) electrons. The van der Waals surface area contributed by atoms with Gasteiger partial charge >= 0.3 is 0 Å². The molecule has 4 nitrogen and oxygen atoms in total. The highest BCUT2D eigenvalue weighted by Gasteiger charge is 1.87. The van der Waals surface area contributed by atoms with Crippen molar-refractivity contribution in [2.75, 3.05) is 0 Å². The fourth-order valence-corrected chi connectivity index (χ4v) is 0.525. The van der Waals surface area contributed by atoms with Crippen LogP contribution >= 0.6 is 0 Å². The van der Waals surface area contributed by atoms with Crippen molar-refractivity contribution < 1.29 is 4.79 Å². The molecule has 0 unspecified atom stereocenters. The third-order valence-corrected chi connectivity index (χ3v) is 0.949. The van der Waals surface area contributed by atoms with E-state index in [-0.39, 0.29) is 6.54 Å². The van der Waals surface area contributed by atoms with Crippen LogP contribution in [0.3, 0.4) is 0 Å². The summed E-state index contributed by atoms with van der Waals surface area (Å²) in [6, 6.07) is 1.70. The minimum atomic E-state index is 0.284. The summed E-state index contributed by atoms with van der Waals surface area (Å²) in [6.45, 7) is 0.284. The Bertz CT molecular complexity index is 240. The van der Waals surface area contributed by atoms with Crippen molar-refractivity contribution in [2.45, 2.75) is 6.54 Å². The van der Waals surface area contributed by atoms with E-state index >= 15 is 0 Å². The highest BCUT2D eigenvalue weighted by atomic mass is 16.1. The molecule has 1 heterocycles. The number of rotatable bonds is 2. The SMILES string of the molecule is O=C=NCc1ccncn1. The van der Waals surface area contributed by atoms with Crippen molar-refractivity contribution in [3.8, 4) is 0 Å². The van der Waals surface area contributed by atoms with Gasteiger partial charge in [0.2, 0.25) is 6.08 Å². The van der Waals surface area contributed by atoms with Crippen molar-refractivity contribution in [3.63, 3.8) is 0 Å². The lowest BCUT2D eigenvalue weighted by Crippen LogP contribution is -1.86. The van der Waals surface area contributed by atoms with Crippen LogP contribution in [-0.4, -0.2) is 16.0 Å². The summed E-state index contributed by atoms with van der Waals surface area (Å²) in [6.07, 6.45) is 4.44. The first-order valence-corrected chi connectivity index (χ1v) is 2.72. The highest BCUT2D eigenvalue weighted by Crippen LogP contribution is 1.91. The Hall–Kier alpha value is -1.54. The molecular formula is C6H5N3O. The maximum atomic E-state index is 9.64. The maximum absolute atomic E-state index is 9.64. The third-order valence-electron chi connectivity index (χ3n) is 0.949. The van der Waals surface area contributed by atoms with Crippen LogP contribution in [-0.2, 0) is 11.3 Å². The number of hydrogen-bond donors (Lipinski definition) is 0. The molecule has 0 atom stereocenters. The van der Waals surface area contributed by atoms with Crippen LogP contribution in [0.4, 0.5) is 0 Å². The number of isocyanates is 1. The summed E-state index contributed by atoms with van der Waals surface area (Å²) in [5, 5.41) is 0. The van der Waals surface area contributed by atoms with E-state index in [1.165, 1.54) is 12.4 Å². The second kappa shape index (κ2) is 3.48. The van der Waals surface area contributed by atoms with Crippen molar-refractivity contribution >= 4 is 6.08 Å². The molecule has 0 saturated carbocycles. The second-order valence-corrected chi connectivity index (χ2v) is 1.61. The molecule has 50 valence electrons. The van der Waals surface area contributed by atoms with Gasteiger partial charge in [-0.05, 0) is 6.07 Å². The summed E-state index contributed by atoms with van der Waals surface area (Å²) in [5.74, 6) is 0. The first-order chi connectivity index (χ1) is 4.93. The first kappa shape index (κ1) is 6.58. The molecule has 0 amide bonds. The average Bonchev–Trinajstić information content (AvgIpc) is 2.03. The predicted molar refractivity (Wildman–Crippen MR) is 33.9 cm³/mol. The summed E-state index contributed by atoms with van der Waals surface area (Å²) in [5.41, 5.74) is 0.721. The molecule has 1 aromatic heterocycles. The van der Waals surface area contributed by atoms with Crippen LogP contribution in [0, 0.1) is 0 Å². The van der Waals surface area contributed by atoms with Crippen molar-refractivity contribution in [1.82, 2.24) is 9.97 Å². The van der Waals surface area contributed by atoms with Crippen molar-refractivity contribution in [1.29, 1.82) is 0 Å². The third kappa shape index (κ3) is 1.76. The number of aromatic nitrogens is 2. The van der Waals surface area contributed by atoms with Gasteiger partial charge in [0.1, 0.15) is 6.33 Å². The van der Waals surface area contributed by atoms with E-state index in [0.717, 1.165) is 5.69 Å². The Morgan fingerprint density at radius 3 is 3.20 bits per heavy atom. The van der Waals surface area contributed by atoms with Crippen LogP contribution in [0.2, 0.25) is 0 Å². The van der Waals surface area contributed by atoms with E-state index in [1.54, 1.807) is 12.3 Å². The van der Waals surface area contributed by atoms with Crippen LogP contribution in [0.1, 0.15) is 5.69 Å². The van der Waals surface area contributed by atoms with Gasteiger partial charge in [0, 0.05) is 6.20 Å². The van der Waals surface area contributed by atoms with Gasteiger partial charge in [-0.15, -0.1) is 0 Å². The number of aliphatic imine (C=N–C) groups is 1. The van der Waals surface area contributed by atoms with Gasteiger partial charge in [0.05, 0.1) is 12.2 Å². The molecular weight excluding hydrogens is 130 g/mol. The zero-order valence-corrected chi connectivity index (χ0v) is 5.19. The predicted octanol–water partition coefficient (Wildman–Crippen LogP) is 0.312. The molecule has 0 aliphatic rings. The van der Waals surface area contributed by atoms with Gasteiger partial charge in [-0.25, -0.2) is 14.8 Å². The molecule has 10 heavy (non-hydrogen) atoms. The van der Waals surface area contributed by atoms with E-state index in [9.17, 15) is 4.79 Å². The summed E-state index contributed by atoms with van der Waals surface area (Å²) >= 11 is 0. The van der Waals surface area contributed by atoms with Gasteiger partial charge < -0.3 is 0 Å². The van der Waals surface area contributed by atoms with Crippen LogP contribution in [0.25, 0.3) is 0 Å². The van der Waals surface area contributed by atoms with Crippen molar-refractivity contribution in [2.24, 2.45) is 4.99 Å². The molecule has 0 aliphatic carbocycles. The van der Waals surface area contributed by atoms with Crippen LogP contribution < -0.4 is 0 Å². The quantitative estimate of drug-likeness (QED) is 0.433.